The first-order chi connectivity index (χ1) is 8.67. The molecule has 3 nitrogen and oxygen atoms in total. The monoisotopic (exact) mass is 247 g/mol. The molecule has 3 unspecified atom stereocenters. The Kier molecular flexibility index (Phi) is 2.74. The van der Waals surface area contributed by atoms with E-state index in [1.54, 1.807) is 14.2 Å². The number of nitrogens with two attached hydrogens (primary N) is 1. The van der Waals surface area contributed by atoms with E-state index >= 15 is 0 Å². The molecule has 3 rings (SSSR count). The van der Waals surface area contributed by atoms with Crippen molar-refractivity contribution in [1.29, 1.82) is 0 Å². The highest BCUT2D eigenvalue weighted by Crippen LogP contribution is 2.59. The predicted octanol–water partition coefficient (Wildman–Crippen LogP) is 3.09. The van der Waals surface area contributed by atoms with Gasteiger partial charge in [0, 0.05) is 22.7 Å². The van der Waals surface area contributed by atoms with Gasteiger partial charge in [-0.1, -0.05) is 0 Å². The lowest BCUT2D eigenvalue weighted by molar-refractivity contribution is 0.384. The maximum Gasteiger partial charge on any atom is 0.127 e. The molecule has 1 fully saturated rings. The van der Waals surface area contributed by atoms with E-state index in [1.807, 2.05) is 6.92 Å². The van der Waals surface area contributed by atoms with Gasteiger partial charge < -0.3 is 15.2 Å². The second-order valence-electron chi connectivity index (χ2n) is 5.52. The van der Waals surface area contributed by atoms with Crippen molar-refractivity contribution in [3.8, 4) is 11.5 Å². The molecule has 0 saturated heterocycles. The number of ether oxygens (including phenoxy) is 2. The normalized spacial score (nSPS) is 26.0. The van der Waals surface area contributed by atoms with E-state index < -0.39 is 0 Å². The Morgan fingerprint density at radius 3 is 2.39 bits per heavy atom. The van der Waals surface area contributed by atoms with Gasteiger partial charge in [0.2, 0.25) is 0 Å². The summed E-state index contributed by atoms with van der Waals surface area (Å²) in [6.45, 7) is 2.00. The van der Waals surface area contributed by atoms with E-state index in [0.29, 0.717) is 11.8 Å². The van der Waals surface area contributed by atoms with Gasteiger partial charge in [0.25, 0.3) is 0 Å². The molecule has 0 heterocycles. The summed E-state index contributed by atoms with van der Waals surface area (Å²) >= 11 is 0. The van der Waals surface area contributed by atoms with Crippen LogP contribution in [-0.2, 0) is 0 Å². The van der Waals surface area contributed by atoms with Gasteiger partial charge in [-0.05, 0) is 44.1 Å². The van der Waals surface area contributed by atoms with Crippen LogP contribution >= 0.6 is 0 Å². The van der Waals surface area contributed by atoms with Crippen molar-refractivity contribution >= 4 is 0 Å². The van der Waals surface area contributed by atoms with E-state index in [0.717, 1.165) is 17.1 Å². The third-order valence-corrected chi connectivity index (χ3v) is 4.51. The number of hydrogen-bond acceptors (Lipinski definition) is 3. The van der Waals surface area contributed by atoms with Crippen LogP contribution in [0.5, 0.6) is 11.5 Å². The standard InChI is InChI=1S/C15H21NO2/c1-8(16)11-7-12(17-2)13-9-4-5-10(6-9)14(13)15(11)18-3/h7-10H,4-6,16H2,1-3H3. The van der Waals surface area contributed by atoms with Crippen molar-refractivity contribution in [2.45, 2.75) is 44.1 Å². The van der Waals surface area contributed by atoms with Gasteiger partial charge in [0.05, 0.1) is 14.2 Å². The van der Waals surface area contributed by atoms with E-state index in [4.69, 9.17) is 15.2 Å². The molecule has 1 aromatic rings. The molecular formula is C15H21NO2. The van der Waals surface area contributed by atoms with Crippen LogP contribution in [0.3, 0.4) is 0 Å². The molecule has 2 bridgehead atoms. The molecule has 98 valence electrons. The highest BCUT2D eigenvalue weighted by atomic mass is 16.5. The first-order valence-electron chi connectivity index (χ1n) is 6.71. The molecule has 0 spiro atoms. The zero-order valence-electron chi connectivity index (χ0n) is 11.3. The smallest absolute Gasteiger partial charge is 0.127 e. The van der Waals surface area contributed by atoms with Crippen molar-refractivity contribution in [1.82, 2.24) is 0 Å². The molecule has 1 aromatic carbocycles. The average molecular weight is 247 g/mol. The Morgan fingerprint density at radius 2 is 1.83 bits per heavy atom. The second-order valence-corrected chi connectivity index (χ2v) is 5.52. The predicted molar refractivity (Wildman–Crippen MR) is 71.5 cm³/mol. The SMILES string of the molecule is COc1cc(C(C)N)c(OC)c2c1C1CCC2C1. The maximum absolute atomic E-state index is 6.07. The van der Waals surface area contributed by atoms with Gasteiger partial charge in [-0.15, -0.1) is 0 Å². The molecular weight excluding hydrogens is 226 g/mol. The summed E-state index contributed by atoms with van der Waals surface area (Å²) in [6, 6.07) is 2.04. The molecule has 0 aliphatic heterocycles. The number of benzene rings is 1. The lowest BCUT2D eigenvalue weighted by atomic mass is 9.87. The molecule has 2 aliphatic rings. The highest BCUT2D eigenvalue weighted by Gasteiger charge is 2.42. The minimum atomic E-state index is -0.0294. The van der Waals surface area contributed by atoms with E-state index in [-0.39, 0.29) is 6.04 Å². The lowest BCUT2D eigenvalue weighted by Gasteiger charge is -2.24. The number of hydrogen-bond donors (Lipinski definition) is 1. The van der Waals surface area contributed by atoms with Crippen molar-refractivity contribution in [2.75, 3.05) is 14.2 Å². The van der Waals surface area contributed by atoms with Crippen molar-refractivity contribution in [3.63, 3.8) is 0 Å². The van der Waals surface area contributed by atoms with Gasteiger partial charge >= 0.3 is 0 Å². The van der Waals surface area contributed by atoms with Gasteiger partial charge in [0.1, 0.15) is 11.5 Å². The van der Waals surface area contributed by atoms with Crippen molar-refractivity contribution < 1.29 is 9.47 Å². The largest absolute Gasteiger partial charge is 0.496 e. The minimum Gasteiger partial charge on any atom is -0.496 e. The Bertz CT molecular complexity index is 482. The maximum atomic E-state index is 6.07. The van der Waals surface area contributed by atoms with Crippen LogP contribution in [0.15, 0.2) is 6.07 Å². The fourth-order valence-corrected chi connectivity index (χ4v) is 3.76. The van der Waals surface area contributed by atoms with Gasteiger partial charge in [-0.3, -0.25) is 0 Å². The summed E-state index contributed by atoms with van der Waals surface area (Å²) in [5.41, 5.74) is 9.90. The molecule has 3 atom stereocenters. The van der Waals surface area contributed by atoms with Crippen LogP contribution in [0.25, 0.3) is 0 Å². The van der Waals surface area contributed by atoms with Gasteiger partial charge in [-0.25, -0.2) is 0 Å². The summed E-state index contributed by atoms with van der Waals surface area (Å²) < 4.78 is 11.3. The highest BCUT2D eigenvalue weighted by molar-refractivity contribution is 5.61. The molecule has 2 aliphatic carbocycles. The third kappa shape index (κ3) is 1.46. The Labute approximate surface area is 108 Å². The summed E-state index contributed by atoms with van der Waals surface area (Å²) in [5.74, 6) is 3.32. The van der Waals surface area contributed by atoms with Crippen LogP contribution in [0, 0.1) is 0 Å². The van der Waals surface area contributed by atoms with Crippen molar-refractivity contribution in [2.24, 2.45) is 5.73 Å². The third-order valence-electron chi connectivity index (χ3n) is 4.51. The topological polar surface area (TPSA) is 44.5 Å². The number of methoxy groups -OCH3 is 2. The van der Waals surface area contributed by atoms with Gasteiger partial charge in [0.15, 0.2) is 0 Å². The van der Waals surface area contributed by atoms with Crippen LogP contribution in [0.2, 0.25) is 0 Å². The molecule has 18 heavy (non-hydrogen) atoms. The fourth-order valence-electron chi connectivity index (χ4n) is 3.76. The van der Waals surface area contributed by atoms with Crippen molar-refractivity contribution in [3.05, 3.63) is 22.8 Å². The van der Waals surface area contributed by atoms with E-state index in [2.05, 4.69) is 6.07 Å². The molecule has 2 N–H and O–H groups in total. The van der Waals surface area contributed by atoms with E-state index in [1.165, 1.54) is 30.4 Å². The average Bonchev–Trinajstić information content (AvgIpc) is 2.97. The van der Waals surface area contributed by atoms with E-state index in [9.17, 15) is 0 Å². The molecule has 1 saturated carbocycles. The lowest BCUT2D eigenvalue weighted by Crippen LogP contribution is -2.12. The molecule has 3 heteroatoms. The van der Waals surface area contributed by atoms with Crippen LogP contribution < -0.4 is 15.2 Å². The fraction of sp³-hybridized carbons (Fsp3) is 0.600. The molecule has 0 radical (unpaired) electrons. The minimum absolute atomic E-state index is 0.0294. The Balaban J connectivity index is 2.25. The molecule has 0 amide bonds. The molecule has 0 aromatic heterocycles. The van der Waals surface area contributed by atoms with Gasteiger partial charge in [-0.2, -0.15) is 0 Å². The van der Waals surface area contributed by atoms with Crippen LogP contribution in [0.1, 0.15) is 60.8 Å². The Morgan fingerprint density at radius 1 is 1.17 bits per heavy atom. The van der Waals surface area contributed by atoms with Crippen LogP contribution in [0.4, 0.5) is 0 Å². The quantitative estimate of drug-likeness (QED) is 0.892. The summed E-state index contributed by atoms with van der Waals surface area (Å²) in [7, 11) is 3.50. The number of rotatable bonds is 3. The summed E-state index contributed by atoms with van der Waals surface area (Å²) in [4.78, 5) is 0. The first kappa shape index (κ1) is 11.8. The summed E-state index contributed by atoms with van der Waals surface area (Å²) in [5, 5.41) is 0. The number of fused-ring (bicyclic) bond motifs is 5. The first-order valence-corrected chi connectivity index (χ1v) is 6.71. The van der Waals surface area contributed by atoms with Crippen LogP contribution in [-0.4, -0.2) is 14.2 Å². The second kappa shape index (κ2) is 4.16. The zero-order chi connectivity index (χ0) is 12.9. The Hall–Kier alpha value is -1.22. The zero-order valence-corrected chi connectivity index (χ0v) is 11.3. The summed E-state index contributed by atoms with van der Waals surface area (Å²) in [6.07, 6.45) is 3.82.